The highest BCUT2D eigenvalue weighted by atomic mass is 16.7. The van der Waals surface area contributed by atoms with Gasteiger partial charge in [-0.3, -0.25) is 4.79 Å². The molecule has 1 unspecified atom stereocenters. The normalized spacial score (nSPS) is 28.7. The zero-order valence-corrected chi connectivity index (χ0v) is 16.5. The Hall–Kier alpha value is -1.61. The molecule has 1 N–H and O–H groups in total. The van der Waals surface area contributed by atoms with E-state index in [1.165, 1.54) is 0 Å². The van der Waals surface area contributed by atoms with Crippen molar-refractivity contribution in [2.45, 2.75) is 71.2 Å². The van der Waals surface area contributed by atoms with Crippen molar-refractivity contribution in [3.8, 4) is 11.8 Å². The fourth-order valence-corrected chi connectivity index (χ4v) is 3.32. The fraction of sp³-hybridized carbons (Fsp3) is 0.571. The summed E-state index contributed by atoms with van der Waals surface area (Å²) in [6.07, 6.45) is 1.02. The highest BCUT2D eigenvalue weighted by Crippen LogP contribution is 2.40. The molecule has 5 heteroatoms. The van der Waals surface area contributed by atoms with Crippen LogP contribution < -0.4 is 5.46 Å². The van der Waals surface area contributed by atoms with Crippen LogP contribution >= 0.6 is 0 Å². The predicted octanol–water partition coefficient (Wildman–Crippen LogP) is 2.46. The molecule has 1 aromatic carbocycles. The first-order valence-electron chi connectivity index (χ1n) is 9.12. The lowest BCUT2D eigenvalue weighted by Gasteiger charge is -2.32. The summed E-state index contributed by atoms with van der Waals surface area (Å²) in [7, 11) is -0.461. The Kier molecular flexibility index (Phi) is 4.39. The maximum Gasteiger partial charge on any atom is 0.494 e. The van der Waals surface area contributed by atoms with E-state index in [0.29, 0.717) is 12.8 Å². The van der Waals surface area contributed by atoms with Crippen LogP contribution in [0.25, 0.3) is 0 Å². The number of ketones is 1. The van der Waals surface area contributed by atoms with Crippen LogP contribution in [0.15, 0.2) is 24.3 Å². The highest BCUT2D eigenvalue weighted by Gasteiger charge is 2.52. The van der Waals surface area contributed by atoms with Crippen LogP contribution in [0.2, 0.25) is 0 Å². The molecule has 3 rings (SSSR count). The van der Waals surface area contributed by atoms with Crippen LogP contribution in [0.1, 0.15) is 59.9 Å². The number of carbonyl (C=O) groups excluding carboxylic acids is 1. The number of benzene rings is 1. The van der Waals surface area contributed by atoms with Crippen LogP contribution in [-0.2, 0) is 14.1 Å². The summed E-state index contributed by atoms with van der Waals surface area (Å²) in [6, 6.07) is 7.57. The first-order valence-corrected chi connectivity index (χ1v) is 9.12. The van der Waals surface area contributed by atoms with Crippen LogP contribution in [0.3, 0.4) is 0 Å². The van der Waals surface area contributed by atoms with Crippen LogP contribution in [0, 0.1) is 17.3 Å². The molecule has 138 valence electrons. The first kappa shape index (κ1) is 19.2. The van der Waals surface area contributed by atoms with Crippen molar-refractivity contribution in [3.05, 3.63) is 29.8 Å². The Balaban J connectivity index is 1.84. The van der Waals surface area contributed by atoms with E-state index >= 15 is 0 Å². The van der Waals surface area contributed by atoms with Crippen molar-refractivity contribution >= 4 is 18.4 Å². The zero-order valence-electron chi connectivity index (χ0n) is 16.5. The van der Waals surface area contributed by atoms with E-state index in [1.807, 2.05) is 65.8 Å². The molecule has 1 saturated carbocycles. The summed E-state index contributed by atoms with van der Waals surface area (Å²) in [5.74, 6) is 5.58. The van der Waals surface area contributed by atoms with Gasteiger partial charge in [-0.05, 0) is 58.1 Å². The zero-order chi connectivity index (χ0) is 19.4. The molecular formula is C21H27BO4. The monoisotopic (exact) mass is 354 g/mol. The Bertz CT molecular complexity index is 784. The van der Waals surface area contributed by atoms with Gasteiger partial charge in [0.1, 0.15) is 0 Å². The molecule has 1 aliphatic carbocycles. The summed E-state index contributed by atoms with van der Waals surface area (Å²) in [5, 5.41) is 10.6. The average Bonchev–Trinajstić information content (AvgIpc) is 2.90. The van der Waals surface area contributed by atoms with E-state index in [2.05, 4.69) is 11.8 Å². The molecule has 0 aromatic heterocycles. The molecule has 0 radical (unpaired) electrons. The molecular weight excluding hydrogens is 327 g/mol. The third-order valence-electron chi connectivity index (χ3n) is 5.93. The van der Waals surface area contributed by atoms with Crippen molar-refractivity contribution in [1.29, 1.82) is 0 Å². The van der Waals surface area contributed by atoms with Crippen LogP contribution in [-0.4, -0.2) is 34.8 Å². The molecule has 1 heterocycles. The minimum absolute atomic E-state index is 0.195. The van der Waals surface area contributed by atoms with Crippen molar-refractivity contribution in [1.82, 2.24) is 0 Å². The van der Waals surface area contributed by atoms with E-state index in [9.17, 15) is 9.90 Å². The van der Waals surface area contributed by atoms with Crippen molar-refractivity contribution in [2.75, 3.05) is 0 Å². The minimum atomic E-state index is -1.55. The van der Waals surface area contributed by atoms with Gasteiger partial charge in [0.2, 0.25) is 0 Å². The number of rotatable bonds is 1. The summed E-state index contributed by atoms with van der Waals surface area (Å²) in [6.45, 7) is 11.8. The van der Waals surface area contributed by atoms with Crippen LogP contribution in [0.4, 0.5) is 0 Å². The Morgan fingerprint density at radius 1 is 1.04 bits per heavy atom. The molecule has 0 bridgehead atoms. The quantitative estimate of drug-likeness (QED) is 0.622. The van der Waals surface area contributed by atoms with Gasteiger partial charge < -0.3 is 14.4 Å². The third kappa shape index (κ3) is 3.22. The Morgan fingerprint density at radius 3 is 2.19 bits per heavy atom. The topological polar surface area (TPSA) is 55.8 Å². The van der Waals surface area contributed by atoms with E-state index in [1.54, 1.807) is 0 Å². The summed E-state index contributed by atoms with van der Waals surface area (Å²) < 4.78 is 12.1. The van der Waals surface area contributed by atoms with E-state index in [4.69, 9.17) is 9.31 Å². The van der Waals surface area contributed by atoms with Crippen molar-refractivity contribution in [3.63, 3.8) is 0 Å². The second-order valence-corrected chi connectivity index (χ2v) is 9.04. The lowest BCUT2D eigenvalue weighted by Crippen LogP contribution is -2.41. The Labute approximate surface area is 156 Å². The minimum Gasteiger partial charge on any atom is -0.399 e. The van der Waals surface area contributed by atoms with Gasteiger partial charge in [-0.25, -0.2) is 0 Å². The summed E-state index contributed by atoms with van der Waals surface area (Å²) in [5.41, 5.74) is -1.28. The SMILES string of the molecule is CC1(C)CCC(O)(C#Cc2cccc(B3OC(C)(C)C(C)(C)O3)c2)C1=O. The van der Waals surface area contributed by atoms with Crippen LogP contribution in [0.5, 0.6) is 0 Å². The molecule has 1 aliphatic heterocycles. The maximum atomic E-state index is 12.4. The van der Waals surface area contributed by atoms with Gasteiger partial charge in [-0.15, -0.1) is 0 Å². The lowest BCUT2D eigenvalue weighted by molar-refractivity contribution is -0.135. The number of hydrogen-bond donors (Lipinski definition) is 1. The number of carbonyl (C=O) groups is 1. The average molecular weight is 354 g/mol. The molecule has 26 heavy (non-hydrogen) atoms. The summed E-state index contributed by atoms with van der Waals surface area (Å²) >= 11 is 0. The molecule has 2 aliphatic rings. The van der Waals surface area contributed by atoms with E-state index in [-0.39, 0.29) is 5.78 Å². The highest BCUT2D eigenvalue weighted by molar-refractivity contribution is 6.62. The van der Waals surface area contributed by atoms with Gasteiger partial charge >= 0.3 is 7.12 Å². The van der Waals surface area contributed by atoms with Gasteiger partial charge in [-0.1, -0.05) is 37.8 Å². The molecule has 1 saturated heterocycles. The second kappa shape index (κ2) is 5.95. The van der Waals surface area contributed by atoms with Gasteiger partial charge in [0.05, 0.1) is 11.2 Å². The second-order valence-electron chi connectivity index (χ2n) is 9.04. The van der Waals surface area contributed by atoms with E-state index < -0.39 is 29.3 Å². The van der Waals surface area contributed by atoms with Crippen molar-refractivity contribution in [2.24, 2.45) is 5.41 Å². The van der Waals surface area contributed by atoms with Gasteiger partial charge in [0.25, 0.3) is 0 Å². The first-order chi connectivity index (χ1) is 11.9. The predicted molar refractivity (Wildman–Crippen MR) is 102 cm³/mol. The molecule has 1 atom stereocenters. The lowest BCUT2D eigenvalue weighted by atomic mass is 9.78. The standard InChI is InChI=1S/C21H27BO4/c1-18(2)12-13-21(24,17(18)23)11-10-15-8-7-9-16(14-15)22-25-19(3,4)20(5,6)26-22/h7-9,14,24H,12-13H2,1-6H3. The van der Waals surface area contributed by atoms with E-state index in [0.717, 1.165) is 11.0 Å². The molecule has 1 aromatic rings. The van der Waals surface area contributed by atoms with Gasteiger partial charge in [-0.2, -0.15) is 0 Å². The van der Waals surface area contributed by atoms with Crippen molar-refractivity contribution < 1.29 is 19.2 Å². The van der Waals surface area contributed by atoms with Gasteiger partial charge in [0.15, 0.2) is 11.4 Å². The number of aliphatic hydroxyl groups is 1. The molecule has 0 spiro atoms. The molecule has 0 amide bonds. The molecule has 2 fully saturated rings. The third-order valence-corrected chi connectivity index (χ3v) is 5.93. The molecule has 4 nitrogen and oxygen atoms in total. The van der Waals surface area contributed by atoms with Gasteiger partial charge in [0, 0.05) is 11.0 Å². The Morgan fingerprint density at radius 2 is 1.65 bits per heavy atom. The summed E-state index contributed by atoms with van der Waals surface area (Å²) in [4.78, 5) is 12.4. The smallest absolute Gasteiger partial charge is 0.399 e. The maximum absolute atomic E-state index is 12.4. The number of Topliss-reactive ketones (excluding diaryl/α,β-unsaturated/α-hetero) is 1. The largest absolute Gasteiger partial charge is 0.494 e. The fourth-order valence-electron chi connectivity index (χ4n) is 3.32. The number of hydrogen-bond acceptors (Lipinski definition) is 4.